The number of rotatable bonds is 2. The summed E-state index contributed by atoms with van der Waals surface area (Å²) in [4.78, 5) is 2.27. The van der Waals surface area contributed by atoms with Crippen molar-refractivity contribution in [3.05, 3.63) is 29.3 Å². The first-order valence-corrected chi connectivity index (χ1v) is 7.07. The van der Waals surface area contributed by atoms with Crippen molar-refractivity contribution in [3.63, 3.8) is 0 Å². The van der Waals surface area contributed by atoms with Gasteiger partial charge in [0, 0.05) is 36.8 Å². The summed E-state index contributed by atoms with van der Waals surface area (Å²) in [6, 6.07) is 7.71. The molecule has 0 amide bonds. The molecule has 0 saturated carbocycles. The van der Waals surface area contributed by atoms with E-state index >= 15 is 0 Å². The van der Waals surface area contributed by atoms with Crippen LogP contribution in [0.1, 0.15) is 0 Å². The molecular formula is C12H13ClN4S. The van der Waals surface area contributed by atoms with Crippen molar-refractivity contribution >= 4 is 28.1 Å². The van der Waals surface area contributed by atoms with Crippen LogP contribution in [0.4, 0.5) is 5.13 Å². The van der Waals surface area contributed by atoms with Crippen LogP contribution in [0.2, 0.25) is 5.02 Å². The lowest BCUT2D eigenvalue weighted by molar-refractivity contribution is 0.587. The van der Waals surface area contributed by atoms with Gasteiger partial charge in [-0.15, -0.1) is 10.2 Å². The summed E-state index contributed by atoms with van der Waals surface area (Å²) in [5.74, 6) is 0. The molecule has 4 nitrogen and oxygen atoms in total. The molecule has 1 fully saturated rings. The minimum Gasteiger partial charge on any atom is -0.344 e. The fourth-order valence-corrected chi connectivity index (χ4v) is 2.94. The highest BCUT2D eigenvalue weighted by atomic mass is 35.5. The lowest BCUT2D eigenvalue weighted by Gasteiger charge is -2.26. The SMILES string of the molecule is Clc1ccc(-c2nnc(N3CCNCC3)s2)cc1. The zero-order chi connectivity index (χ0) is 12.4. The molecule has 1 aromatic heterocycles. The number of nitrogens with one attached hydrogen (secondary N) is 1. The minimum absolute atomic E-state index is 0.741. The number of halogens is 1. The van der Waals surface area contributed by atoms with Gasteiger partial charge in [0.25, 0.3) is 0 Å². The van der Waals surface area contributed by atoms with Crippen molar-refractivity contribution in [1.29, 1.82) is 0 Å². The molecule has 0 bridgehead atoms. The molecule has 0 aliphatic carbocycles. The fraction of sp³-hybridized carbons (Fsp3) is 0.333. The standard InChI is InChI=1S/C12H13ClN4S/c13-10-3-1-9(2-4-10)11-15-16-12(18-11)17-7-5-14-6-8-17/h1-4,14H,5-8H2. The third-order valence-corrected chi connectivity index (χ3v) is 4.18. The zero-order valence-electron chi connectivity index (χ0n) is 9.77. The molecule has 94 valence electrons. The normalized spacial score (nSPS) is 15.9. The maximum Gasteiger partial charge on any atom is 0.208 e. The molecule has 2 heterocycles. The van der Waals surface area contributed by atoms with E-state index < -0.39 is 0 Å². The molecule has 1 N–H and O–H groups in total. The number of anilines is 1. The van der Waals surface area contributed by atoms with Crippen LogP contribution in [-0.4, -0.2) is 36.4 Å². The van der Waals surface area contributed by atoms with Gasteiger partial charge in [-0.3, -0.25) is 0 Å². The Kier molecular flexibility index (Phi) is 3.45. The maximum atomic E-state index is 5.88. The van der Waals surface area contributed by atoms with Crippen LogP contribution in [0.15, 0.2) is 24.3 Å². The van der Waals surface area contributed by atoms with Crippen molar-refractivity contribution in [2.75, 3.05) is 31.1 Å². The van der Waals surface area contributed by atoms with E-state index in [4.69, 9.17) is 11.6 Å². The molecule has 0 radical (unpaired) electrons. The van der Waals surface area contributed by atoms with Crippen molar-refractivity contribution in [2.45, 2.75) is 0 Å². The molecule has 0 unspecified atom stereocenters. The quantitative estimate of drug-likeness (QED) is 0.916. The Labute approximate surface area is 115 Å². The van der Waals surface area contributed by atoms with Crippen LogP contribution in [0.25, 0.3) is 10.6 Å². The van der Waals surface area contributed by atoms with Gasteiger partial charge >= 0.3 is 0 Å². The van der Waals surface area contributed by atoms with Gasteiger partial charge in [0.1, 0.15) is 5.01 Å². The Hall–Kier alpha value is -1.17. The van der Waals surface area contributed by atoms with Crippen LogP contribution in [0.5, 0.6) is 0 Å². The Bertz CT molecular complexity index is 519. The lowest BCUT2D eigenvalue weighted by Crippen LogP contribution is -2.43. The van der Waals surface area contributed by atoms with Gasteiger partial charge in [-0.1, -0.05) is 35.1 Å². The van der Waals surface area contributed by atoms with Crippen LogP contribution in [-0.2, 0) is 0 Å². The van der Waals surface area contributed by atoms with Crippen LogP contribution < -0.4 is 10.2 Å². The monoisotopic (exact) mass is 280 g/mol. The molecule has 0 atom stereocenters. The molecule has 2 aromatic rings. The van der Waals surface area contributed by atoms with Crippen LogP contribution >= 0.6 is 22.9 Å². The highest BCUT2D eigenvalue weighted by Crippen LogP contribution is 2.29. The Morgan fingerprint density at radius 1 is 1.11 bits per heavy atom. The Morgan fingerprint density at radius 3 is 2.56 bits per heavy atom. The van der Waals surface area contributed by atoms with E-state index in [1.54, 1.807) is 11.3 Å². The first-order chi connectivity index (χ1) is 8.83. The number of hydrogen-bond acceptors (Lipinski definition) is 5. The number of aromatic nitrogens is 2. The lowest BCUT2D eigenvalue weighted by atomic mass is 10.2. The predicted molar refractivity (Wildman–Crippen MR) is 75.4 cm³/mol. The number of nitrogens with zero attached hydrogens (tertiary/aromatic N) is 3. The minimum atomic E-state index is 0.741. The van der Waals surface area contributed by atoms with Gasteiger partial charge in [0.2, 0.25) is 5.13 Å². The van der Waals surface area contributed by atoms with E-state index in [0.29, 0.717) is 0 Å². The second-order valence-electron chi connectivity index (χ2n) is 4.13. The zero-order valence-corrected chi connectivity index (χ0v) is 11.3. The third kappa shape index (κ3) is 2.48. The van der Waals surface area contributed by atoms with E-state index in [1.165, 1.54) is 0 Å². The van der Waals surface area contributed by atoms with Gasteiger partial charge in [-0.05, 0) is 12.1 Å². The molecule has 1 aliphatic rings. The molecule has 3 rings (SSSR count). The Balaban J connectivity index is 1.82. The van der Waals surface area contributed by atoms with Crippen LogP contribution in [0.3, 0.4) is 0 Å². The summed E-state index contributed by atoms with van der Waals surface area (Å²) >= 11 is 7.51. The average Bonchev–Trinajstić information content (AvgIpc) is 2.90. The van der Waals surface area contributed by atoms with Crippen molar-refractivity contribution < 1.29 is 0 Å². The fourth-order valence-electron chi connectivity index (χ4n) is 1.91. The van der Waals surface area contributed by atoms with Gasteiger partial charge < -0.3 is 10.2 Å². The molecule has 18 heavy (non-hydrogen) atoms. The molecular weight excluding hydrogens is 268 g/mol. The molecule has 1 aromatic carbocycles. The van der Waals surface area contributed by atoms with E-state index in [0.717, 1.165) is 46.9 Å². The summed E-state index contributed by atoms with van der Waals surface area (Å²) < 4.78 is 0. The van der Waals surface area contributed by atoms with Crippen molar-refractivity contribution in [3.8, 4) is 10.6 Å². The largest absolute Gasteiger partial charge is 0.344 e. The summed E-state index contributed by atoms with van der Waals surface area (Å²) in [7, 11) is 0. The van der Waals surface area contributed by atoms with E-state index in [1.807, 2.05) is 24.3 Å². The average molecular weight is 281 g/mol. The predicted octanol–water partition coefficient (Wildman–Crippen LogP) is 2.27. The molecule has 6 heteroatoms. The topological polar surface area (TPSA) is 41.1 Å². The van der Waals surface area contributed by atoms with Crippen molar-refractivity contribution in [2.24, 2.45) is 0 Å². The molecule has 1 aliphatic heterocycles. The second-order valence-corrected chi connectivity index (χ2v) is 5.53. The van der Waals surface area contributed by atoms with Crippen LogP contribution in [0, 0.1) is 0 Å². The first-order valence-electron chi connectivity index (χ1n) is 5.88. The van der Waals surface area contributed by atoms with E-state index in [9.17, 15) is 0 Å². The smallest absolute Gasteiger partial charge is 0.208 e. The highest BCUT2D eigenvalue weighted by molar-refractivity contribution is 7.18. The molecule has 0 spiro atoms. The van der Waals surface area contributed by atoms with E-state index in [2.05, 4.69) is 20.4 Å². The highest BCUT2D eigenvalue weighted by Gasteiger charge is 2.15. The third-order valence-electron chi connectivity index (χ3n) is 2.89. The summed E-state index contributed by atoms with van der Waals surface area (Å²) in [5, 5.41) is 14.5. The Morgan fingerprint density at radius 2 is 1.83 bits per heavy atom. The molecule has 1 saturated heterocycles. The summed E-state index contributed by atoms with van der Waals surface area (Å²) in [5.41, 5.74) is 1.07. The number of benzene rings is 1. The number of piperazine rings is 1. The summed E-state index contributed by atoms with van der Waals surface area (Å²) in [6.07, 6.45) is 0. The van der Waals surface area contributed by atoms with Gasteiger partial charge in [-0.25, -0.2) is 0 Å². The maximum absolute atomic E-state index is 5.88. The van der Waals surface area contributed by atoms with E-state index in [-0.39, 0.29) is 0 Å². The van der Waals surface area contributed by atoms with Crippen molar-refractivity contribution in [1.82, 2.24) is 15.5 Å². The van der Waals surface area contributed by atoms with Gasteiger partial charge in [0.15, 0.2) is 0 Å². The number of hydrogen-bond donors (Lipinski definition) is 1. The van der Waals surface area contributed by atoms with Gasteiger partial charge in [0.05, 0.1) is 0 Å². The van der Waals surface area contributed by atoms with Gasteiger partial charge in [-0.2, -0.15) is 0 Å². The summed E-state index contributed by atoms with van der Waals surface area (Å²) in [6.45, 7) is 4.01. The first kappa shape index (κ1) is 11.9. The second kappa shape index (κ2) is 5.22.